The number of alkyl halides is 1. The van der Waals surface area contributed by atoms with Gasteiger partial charge in [0.1, 0.15) is 0 Å². The highest BCUT2D eigenvalue weighted by Crippen LogP contribution is 2.21. The Morgan fingerprint density at radius 1 is 1.36 bits per heavy atom. The van der Waals surface area contributed by atoms with Gasteiger partial charge in [-0.25, -0.2) is 4.79 Å². The second-order valence-electron chi connectivity index (χ2n) is 2.75. The molecule has 0 aromatic heterocycles. The number of ketones is 1. The van der Waals surface area contributed by atoms with Crippen molar-refractivity contribution < 1.29 is 24.2 Å². The number of hydrogen-bond donors (Lipinski definition) is 1. The van der Waals surface area contributed by atoms with Crippen LogP contribution in [0.4, 0.5) is 0 Å². The first-order valence-corrected chi connectivity index (χ1v) is 4.25. The fourth-order valence-corrected chi connectivity index (χ4v) is 0.846. The molecule has 6 heteroatoms. The number of ether oxygens (including phenoxy) is 1. The summed E-state index contributed by atoms with van der Waals surface area (Å²) in [5.41, 5.74) is 0. The molecule has 0 radical (unpaired) electrons. The summed E-state index contributed by atoms with van der Waals surface area (Å²) < 4.78 is 4.50. The van der Waals surface area contributed by atoms with Crippen LogP contribution in [0, 0.1) is 0 Å². The Bertz CT molecular complexity index is 246. The van der Waals surface area contributed by atoms with Gasteiger partial charge >= 0.3 is 11.9 Å². The van der Waals surface area contributed by atoms with E-state index in [0.29, 0.717) is 0 Å². The minimum absolute atomic E-state index is 0.190. The molecule has 0 aliphatic carbocycles. The smallest absolute Gasteiger partial charge is 0.332 e. The molecule has 0 aliphatic heterocycles. The summed E-state index contributed by atoms with van der Waals surface area (Å²) in [6.45, 7) is 2.07. The molecule has 0 spiro atoms. The lowest BCUT2D eigenvalue weighted by molar-refractivity contribution is -0.148. The van der Waals surface area contributed by atoms with Gasteiger partial charge < -0.3 is 9.84 Å². The van der Waals surface area contributed by atoms with Crippen LogP contribution in [0.3, 0.4) is 0 Å². The Morgan fingerprint density at radius 3 is 2.14 bits per heavy atom. The average molecular weight is 223 g/mol. The number of hydrogen-bond acceptors (Lipinski definition) is 4. The lowest BCUT2D eigenvalue weighted by atomic mass is 10.0. The highest BCUT2D eigenvalue weighted by molar-refractivity contribution is 6.45. The molecular weight excluding hydrogens is 212 g/mol. The molecule has 1 unspecified atom stereocenters. The van der Waals surface area contributed by atoms with Crippen LogP contribution in [0.15, 0.2) is 0 Å². The molecule has 0 heterocycles. The highest BCUT2D eigenvalue weighted by atomic mass is 35.5. The van der Waals surface area contributed by atoms with E-state index in [-0.39, 0.29) is 13.0 Å². The van der Waals surface area contributed by atoms with Crippen LogP contribution >= 0.6 is 11.6 Å². The van der Waals surface area contributed by atoms with Crippen molar-refractivity contribution in [2.45, 2.75) is 25.1 Å². The lowest BCUT2D eigenvalue weighted by Crippen LogP contribution is -2.40. The minimum Gasteiger partial charge on any atom is -0.480 e. The van der Waals surface area contributed by atoms with Crippen molar-refractivity contribution in [1.29, 1.82) is 0 Å². The number of aliphatic carboxylic acids is 1. The van der Waals surface area contributed by atoms with Gasteiger partial charge in [-0.15, -0.1) is 0 Å². The maximum atomic E-state index is 10.9. The summed E-state index contributed by atoms with van der Waals surface area (Å²) in [5, 5.41) is 8.67. The van der Waals surface area contributed by atoms with E-state index in [1.165, 1.54) is 6.92 Å². The van der Waals surface area contributed by atoms with Crippen molar-refractivity contribution in [2.75, 3.05) is 6.61 Å². The molecule has 80 valence electrons. The fourth-order valence-electron chi connectivity index (χ4n) is 0.769. The van der Waals surface area contributed by atoms with Gasteiger partial charge in [-0.1, -0.05) is 11.6 Å². The molecule has 1 atom stereocenters. The first-order chi connectivity index (χ1) is 6.30. The van der Waals surface area contributed by atoms with Crippen LogP contribution in [0.25, 0.3) is 0 Å². The van der Waals surface area contributed by atoms with Gasteiger partial charge in [0.25, 0.3) is 0 Å². The Kier molecular flexibility index (Phi) is 4.56. The maximum absolute atomic E-state index is 10.9. The zero-order valence-electron chi connectivity index (χ0n) is 7.87. The monoisotopic (exact) mass is 222 g/mol. The largest absolute Gasteiger partial charge is 0.480 e. The van der Waals surface area contributed by atoms with Crippen LogP contribution in [-0.2, 0) is 19.1 Å². The first kappa shape index (κ1) is 12.9. The summed E-state index contributed by atoms with van der Waals surface area (Å²) in [6.07, 6.45) is -0.237. The van der Waals surface area contributed by atoms with E-state index in [2.05, 4.69) is 4.74 Å². The molecule has 0 saturated heterocycles. The number of rotatable bonds is 5. The highest BCUT2D eigenvalue weighted by Gasteiger charge is 2.41. The summed E-state index contributed by atoms with van der Waals surface area (Å²) in [4.78, 5) is 30.0. The Labute approximate surface area is 86.0 Å². The first-order valence-electron chi connectivity index (χ1n) is 3.87. The lowest BCUT2D eigenvalue weighted by Gasteiger charge is -2.18. The second-order valence-corrected chi connectivity index (χ2v) is 3.40. The zero-order valence-corrected chi connectivity index (χ0v) is 8.63. The van der Waals surface area contributed by atoms with E-state index in [4.69, 9.17) is 16.7 Å². The van der Waals surface area contributed by atoms with Gasteiger partial charge in [0.05, 0.1) is 6.61 Å². The third-order valence-corrected chi connectivity index (χ3v) is 2.27. The van der Waals surface area contributed by atoms with E-state index in [1.807, 2.05) is 0 Å². The second kappa shape index (κ2) is 4.95. The molecule has 14 heavy (non-hydrogen) atoms. The van der Waals surface area contributed by atoms with E-state index in [1.54, 1.807) is 0 Å². The molecule has 0 aromatic rings. The minimum atomic E-state index is -1.99. The molecular formula is C8H11ClO5. The van der Waals surface area contributed by atoms with Crippen molar-refractivity contribution in [2.24, 2.45) is 0 Å². The van der Waals surface area contributed by atoms with Crippen molar-refractivity contribution >= 4 is 29.3 Å². The van der Waals surface area contributed by atoms with Gasteiger partial charge in [-0.05, 0) is 6.92 Å². The van der Waals surface area contributed by atoms with Crippen LogP contribution in [0.1, 0.15) is 20.3 Å². The molecule has 1 N–H and O–H groups in total. The van der Waals surface area contributed by atoms with Crippen molar-refractivity contribution in [3.63, 3.8) is 0 Å². The topological polar surface area (TPSA) is 80.7 Å². The predicted octanol–water partition coefficient (Wildman–Crippen LogP) is 0.591. The molecule has 0 saturated carbocycles. The Hall–Kier alpha value is -1.10. The molecule has 0 fully saturated rings. The van der Waals surface area contributed by atoms with Crippen LogP contribution in [0.2, 0.25) is 0 Å². The van der Waals surface area contributed by atoms with Gasteiger partial charge in [0.2, 0.25) is 4.87 Å². The molecule has 0 aromatic carbocycles. The number of carbonyl (C=O) groups is 3. The van der Waals surface area contributed by atoms with Crippen molar-refractivity contribution in [3.05, 3.63) is 0 Å². The Morgan fingerprint density at radius 2 is 1.86 bits per heavy atom. The SMILES string of the molecule is CC(=O)OCCC(Cl)(C(C)=O)C(=O)O. The number of halogens is 1. The summed E-state index contributed by atoms with van der Waals surface area (Å²) in [7, 11) is 0. The number of carboxylic acids is 1. The zero-order chi connectivity index (χ0) is 11.4. The molecule has 0 rings (SSSR count). The summed E-state index contributed by atoms with van der Waals surface area (Å²) >= 11 is 5.55. The number of Topliss-reactive ketones (excluding diaryl/α,β-unsaturated/α-hetero) is 1. The number of carbonyl (C=O) groups excluding carboxylic acids is 2. The summed E-state index contributed by atoms with van der Waals surface area (Å²) in [6, 6.07) is 0. The molecule has 5 nitrogen and oxygen atoms in total. The predicted molar refractivity (Wildman–Crippen MR) is 48.2 cm³/mol. The molecule has 0 aliphatic rings. The average Bonchev–Trinajstić information content (AvgIpc) is 2.02. The quantitative estimate of drug-likeness (QED) is 0.418. The van der Waals surface area contributed by atoms with Gasteiger partial charge in [0.15, 0.2) is 5.78 Å². The fraction of sp³-hybridized carbons (Fsp3) is 0.625. The van der Waals surface area contributed by atoms with E-state index >= 15 is 0 Å². The van der Waals surface area contributed by atoms with Crippen LogP contribution in [-0.4, -0.2) is 34.3 Å². The number of carboxylic acid groups (broad SMARTS) is 1. The van der Waals surface area contributed by atoms with Crippen molar-refractivity contribution in [1.82, 2.24) is 0 Å². The Balaban J connectivity index is 4.32. The van der Waals surface area contributed by atoms with E-state index in [9.17, 15) is 14.4 Å². The van der Waals surface area contributed by atoms with Crippen LogP contribution in [0.5, 0.6) is 0 Å². The van der Waals surface area contributed by atoms with E-state index in [0.717, 1.165) is 6.92 Å². The molecule has 0 amide bonds. The third kappa shape index (κ3) is 3.33. The third-order valence-electron chi connectivity index (χ3n) is 1.65. The maximum Gasteiger partial charge on any atom is 0.332 e. The molecule has 0 bridgehead atoms. The van der Waals surface area contributed by atoms with Gasteiger partial charge in [-0.2, -0.15) is 0 Å². The van der Waals surface area contributed by atoms with Gasteiger partial charge in [-0.3, -0.25) is 9.59 Å². The van der Waals surface area contributed by atoms with Gasteiger partial charge in [0, 0.05) is 13.3 Å². The number of esters is 1. The normalized spacial score (nSPS) is 14.2. The summed E-state index contributed by atoms with van der Waals surface area (Å²) in [5.74, 6) is -2.66. The van der Waals surface area contributed by atoms with Crippen molar-refractivity contribution in [3.8, 4) is 0 Å². The van der Waals surface area contributed by atoms with Crippen LogP contribution < -0.4 is 0 Å². The van der Waals surface area contributed by atoms with E-state index < -0.39 is 22.6 Å². The standard InChI is InChI=1S/C8H11ClO5/c1-5(10)8(9,7(12)13)3-4-14-6(2)11/h3-4H2,1-2H3,(H,12,13).